The molecule has 0 aromatic heterocycles. The molecular weight excluding hydrogens is 266 g/mol. The molecule has 116 valence electrons. The second kappa shape index (κ2) is 7.88. The molecule has 0 spiro atoms. The van der Waals surface area contributed by atoms with Crippen molar-refractivity contribution in [3.05, 3.63) is 24.3 Å². The molecule has 1 aromatic carbocycles. The molecule has 0 aliphatic carbocycles. The lowest BCUT2D eigenvalue weighted by Crippen LogP contribution is -2.44. The fraction of sp³-hybridized carbons (Fsp3) is 0.562. The van der Waals surface area contributed by atoms with Crippen LogP contribution in [-0.4, -0.2) is 43.7 Å². The zero-order chi connectivity index (χ0) is 15.1. The second-order valence-electron chi connectivity index (χ2n) is 5.52. The highest BCUT2D eigenvalue weighted by Crippen LogP contribution is 2.23. The second-order valence-corrected chi connectivity index (χ2v) is 5.52. The number of rotatable bonds is 5. The summed E-state index contributed by atoms with van der Waals surface area (Å²) >= 11 is 0. The van der Waals surface area contributed by atoms with Crippen molar-refractivity contribution in [2.75, 3.05) is 32.1 Å². The first-order valence-corrected chi connectivity index (χ1v) is 7.67. The van der Waals surface area contributed by atoms with E-state index in [4.69, 9.17) is 4.74 Å². The third-order valence-electron chi connectivity index (χ3n) is 3.65. The van der Waals surface area contributed by atoms with Gasteiger partial charge in [0, 0.05) is 6.04 Å². The molecule has 21 heavy (non-hydrogen) atoms. The number of ether oxygens (including phenoxy) is 1. The lowest BCUT2D eigenvalue weighted by atomic mass is 10.1. The Morgan fingerprint density at radius 2 is 2.05 bits per heavy atom. The summed E-state index contributed by atoms with van der Waals surface area (Å²) in [4.78, 5) is 14.4. The van der Waals surface area contributed by atoms with Crippen LogP contribution in [0.25, 0.3) is 0 Å². The lowest BCUT2D eigenvalue weighted by molar-refractivity contribution is 0.221. The topological polar surface area (TPSA) is 53.6 Å². The Morgan fingerprint density at radius 3 is 2.76 bits per heavy atom. The minimum absolute atomic E-state index is 0.155. The highest BCUT2D eigenvalue weighted by Gasteiger charge is 2.18. The molecule has 1 saturated heterocycles. The number of anilines is 1. The molecule has 5 nitrogen and oxygen atoms in total. The lowest BCUT2D eigenvalue weighted by Gasteiger charge is -2.29. The molecule has 0 radical (unpaired) electrons. The van der Waals surface area contributed by atoms with Gasteiger partial charge >= 0.3 is 6.03 Å². The molecule has 1 heterocycles. The summed E-state index contributed by atoms with van der Waals surface area (Å²) in [6.07, 6.45) is 2.94. The zero-order valence-electron chi connectivity index (χ0n) is 12.9. The van der Waals surface area contributed by atoms with E-state index < -0.39 is 0 Å². The third-order valence-corrected chi connectivity index (χ3v) is 3.65. The molecule has 0 bridgehead atoms. The van der Waals surface area contributed by atoms with Gasteiger partial charge in [-0.2, -0.15) is 0 Å². The van der Waals surface area contributed by atoms with Crippen LogP contribution in [0.3, 0.4) is 0 Å². The number of carbonyl (C=O) groups excluding carboxylic acids is 1. The molecular formula is C16H25N3O2. The van der Waals surface area contributed by atoms with Crippen LogP contribution in [0.4, 0.5) is 10.5 Å². The summed E-state index contributed by atoms with van der Waals surface area (Å²) < 4.78 is 5.64. The van der Waals surface area contributed by atoms with Crippen molar-refractivity contribution in [3.63, 3.8) is 0 Å². The van der Waals surface area contributed by atoms with Gasteiger partial charge in [-0.15, -0.1) is 0 Å². The van der Waals surface area contributed by atoms with Crippen LogP contribution in [-0.2, 0) is 0 Å². The average Bonchev–Trinajstić information content (AvgIpc) is 2.49. The summed E-state index contributed by atoms with van der Waals surface area (Å²) in [5, 5.41) is 5.93. The van der Waals surface area contributed by atoms with Gasteiger partial charge in [-0.1, -0.05) is 19.1 Å². The summed E-state index contributed by atoms with van der Waals surface area (Å²) in [5.74, 6) is 0.720. The predicted molar refractivity (Wildman–Crippen MR) is 84.9 cm³/mol. The van der Waals surface area contributed by atoms with Gasteiger partial charge in [0.2, 0.25) is 0 Å². The van der Waals surface area contributed by atoms with Gasteiger partial charge in [0.15, 0.2) is 0 Å². The number of hydrogen-bond acceptors (Lipinski definition) is 3. The quantitative estimate of drug-likeness (QED) is 0.877. The summed E-state index contributed by atoms with van der Waals surface area (Å²) in [5.41, 5.74) is 0.719. The minimum atomic E-state index is -0.155. The maximum Gasteiger partial charge on any atom is 0.319 e. The van der Waals surface area contributed by atoms with Gasteiger partial charge in [0.25, 0.3) is 0 Å². The molecule has 1 aliphatic heterocycles. The minimum Gasteiger partial charge on any atom is -0.491 e. The monoisotopic (exact) mass is 291 g/mol. The molecule has 0 saturated carbocycles. The maximum absolute atomic E-state index is 12.1. The smallest absolute Gasteiger partial charge is 0.319 e. The molecule has 2 amide bonds. The fourth-order valence-electron chi connectivity index (χ4n) is 2.40. The van der Waals surface area contributed by atoms with Crippen molar-refractivity contribution in [2.24, 2.45) is 0 Å². The average molecular weight is 291 g/mol. The number of hydrogen-bond donors (Lipinski definition) is 2. The van der Waals surface area contributed by atoms with E-state index in [1.54, 1.807) is 0 Å². The Morgan fingerprint density at radius 1 is 1.33 bits per heavy atom. The Labute approximate surface area is 126 Å². The number of amides is 2. The van der Waals surface area contributed by atoms with Crippen molar-refractivity contribution in [1.82, 2.24) is 10.2 Å². The number of nitrogens with one attached hydrogen (secondary N) is 2. The first kappa shape index (κ1) is 15.6. The van der Waals surface area contributed by atoms with Crippen molar-refractivity contribution >= 4 is 11.7 Å². The van der Waals surface area contributed by atoms with Crippen molar-refractivity contribution in [2.45, 2.75) is 32.2 Å². The number of nitrogens with zero attached hydrogens (tertiary/aromatic N) is 1. The Bertz CT molecular complexity index is 457. The summed E-state index contributed by atoms with van der Waals surface area (Å²) in [7, 11) is 2.11. The van der Waals surface area contributed by atoms with Gasteiger partial charge in [0.1, 0.15) is 5.75 Å². The van der Waals surface area contributed by atoms with E-state index in [2.05, 4.69) is 29.5 Å². The standard InChI is InChI=1S/C16H25N3O2/c1-3-12-21-15-7-5-4-6-14(15)18-16(20)17-13-8-10-19(2)11-9-13/h4-7,13H,3,8-12H2,1-2H3,(H2,17,18,20). The van der Waals surface area contributed by atoms with Gasteiger partial charge in [0.05, 0.1) is 12.3 Å². The highest BCUT2D eigenvalue weighted by molar-refractivity contribution is 5.91. The van der Waals surface area contributed by atoms with Crippen LogP contribution in [0.1, 0.15) is 26.2 Å². The number of likely N-dealkylation sites (tertiary alicyclic amines) is 1. The van der Waals surface area contributed by atoms with Crippen LogP contribution in [0, 0.1) is 0 Å². The predicted octanol–water partition coefficient (Wildman–Crippen LogP) is 2.69. The van der Waals surface area contributed by atoms with E-state index in [1.165, 1.54) is 0 Å². The van der Waals surface area contributed by atoms with E-state index in [0.717, 1.165) is 43.8 Å². The third kappa shape index (κ3) is 4.93. The van der Waals surface area contributed by atoms with Crippen molar-refractivity contribution in [1.29, 1.82) is 0 Å². The first-order valence-electron chi connectivity index (χ1n) is 7.67. The van der Waals surface area contributed by atoms with Crippen molar-refractivity contribution in [3.8, 4) is 5.75 Å². The molecule has 1 aliphatic rings. The van der Waals surface area contributed by atoms with Gasteiger partial charge in [-0.05, 0) is 51.5 Å². The summed E-state index contributed by atoms with van der Waals surface area (Å²) in [6.45, 7) is 4.76. The van der Waals surface area contributed by atoms with Gasteiger partial charge in [-0.3, -0.25) is 0 Å². The normalized spacial score (nSPS) is 16.5. The Balaban J connectivity index is 1.87. The Hall–Kier alpha value is -1.75. The number of para-hydroxylation sites is 2. The van der Waals surface area contributed by atoms with Crippen LogP contribution < -0.4 is 15.4 Å². The largest absolute Gasteiger partial charge is 0.491 e. The fourth-order valence-corrected chi connectivity index (χ4v) is 2.40. The van der Waals surface area contributed by atoms with Crippen molar-refractivity contribution < 1.29 is 9.53 Å². The first-order chi connectivity index (χ1) is 10.2. The number of carbonyl (C=O) groups is 1. The SMILES string of the molecule is CCCOc1ccccc1NC(=O)NC1CCN(C)CC1. The molecule has 2 N–H and O–H groups in total. The molecule has 5 heteroatoms. The summed E-state index contributed by atoms with van der Waals surface area (Å²) in [6, 6.07) is 7.64. The van der Waals surface area contributed by atoms with Crippen LogP contribution >= 0.6 is 0 Å². The molecule has 1 aromatic rings. The maximum atomic E-state index is 12.1. The zero-order valence-corrected chi connectivity index (χ0v) is 12.9. The van der Waals surface area contributed by atoms with E-state index in [9.17, 15) is 4.79 Å². The molecule has 0 atom stereocenters. The van der Waals surface area contributed by atoms with E-state index in [-0.39, 0.29) is 12.1 Å². The molecule has 0 unspecified atom stereocenters. The molecule has 2 rings (SSSR count). The van der Waals surface area contributed by atoms with Crippen LogP contribution in [0.15, 0.2) is 24.3 Å². The van der Waals surface area contributed by atoms with E-state index in [1.807, 2.05) is 24.3 Å². The van der Waals surface area contributed by atoms with E-state index >= 15 is 0 Å². The van der Waals surface area contributed by atoms with Gasteiger partial charge < -0.3 is 20.3 Å². The Kier molecular flexibility index (Phi) is 5.87. The number of piperidine rings is 1. The highest BCUT2D eigenvalue weighted by atomic mass is 16.5. The van der Waals surface area contributed by atoms with Crippen LogP contribution in [0.5, 0.6) is 5.75 Å². The van der Waals surface area contributed by atoms with E-state index in [0.29, 0.717) is 6.61 Å². The van der Waals surface area contributed by atoms with Gasteiger partial charge in [-0.25, -0.2) is 4.79 Å². The molecule has 1 fully saturated rings. The van der Waals surface area contributed by atoms with Crippen LogP contribution in [0.2, 0.25) is 0 Å². The number of benzene rings is 1. The number of urea groups is 1.